The number of nitrogens with zero attached hydrogens (tertiary/aromatic N) is 4. The lowest BCUT2D eigenvalue weighted by Gasteiger charge is -2.21. The van der Waals surface area contributed by atoms with Crippen LogP contribution in [0.15, 0.2) is 30.7 Å². The first-order valence-corrected chi connectivity index (χ1v) is 8.16. The Kier molecular flexibility index (Phi) is 2.47. The van der Waals surface area contributed by atoms with Gasteiger partial charge in [-0.3, -0.25) is 4.68 Å². The van der Waals surface area contributed by atoms with Crippen LogP contribution in [0.5, 0.6) is 0 Å². The van der Waals surface area contributed by atoms with Gasteiger partial charge in [-0.1, -0.05) is 6.07 Å². The maximum absolute atomic E-state index is 11.0. The predicted octanol–water partition coefficient (Wildman–Crippen LogP) is 1.97. The summed E-state index contributed by atoms with van der Waals surface area (Å²) in [5.41, 5.74) is 1.15. The Morgan fingerprint density at radius 3 is 2.57 bits per heavy atom. The zero-order chi connectivity index (χ0) is 15.6. The van der Waals surface area contributed by atoms with Crippen molar-refractivity contribution in [2.75, 3.05) is 18.0 Å². The zero-order valence-corrected chi connectivity index (χ0v) is 12.7. The number of hydrogen-bond acceptors (Lipinski definition) is 4. The minimum absolute atomic E-state index is 0.202. The minimum Gasteiger partial charge on any atom is -0.478 e. The monoisotopic (exact) mass is 310 g/mol. The van der Waals surface area contributed by atoms with Gasteiger partial charge in [-0.2, -0.15) is 5.10 Å². The second-order valence-corrected chi connectivity index (χ2v) is 7.08. The maximum Gasteiger partial charge on any atom is 0.338 e. The van der Waals surface area contributed by atoms with Gasteiger partial charge in [-0.15, -0.1) is 0 Å². The van der Waals surface area contributed by atoms with Crippen molar-refractivity contribution in [3.05, 3.63) is 41.9 Å². The van der Waals surface area contributed by atoms with E-state index < -0.39 is 5.97 Å². The molecule has 2 aromatic rings. The Morgan fingerprint density at radius 1 is 1.22 bits per heavy atom. The maximum atomic E-state index is 11.0. The Hall–Kier alpha value is -2.37. The van der Waals surface area contributed by atoms with Gasteiger partial charge in [-0.05, 0) is 42.7 Å². The number of piperidine rings is 1. The highest BCUT2D eigenvalue weighted by Gasteiger charge is 2.48. The highest BCUT2D eigenvalue weighted by atomic mass is 16.4. The first kappa shape index (κ1) is 13.1. The van der Waals surface area contributed by atoms with Crippen LogP contribution in [0, 0.1) is 11.8 Å². The number of hydrogen-bond donors (Lipinski definition) is 1. The second kappa shape index (κ2) is 4.34. The van der Waals surface area contributed by atoms with Gasteiger partial charge >= 0.3 is 5.97 Å². The van der Waals surface area contributed by atoms with Crippen molar-refractivity contribution in [3.63, 3.8) is 0 Å². The average Bonchev–Trinajstić information content (AvgIpc) is 3.42. The highest BCUT2D eigenvalue weighted by Crippen LogP contribution is 2.49. The van der Waals surface area contributed by atoms with E-state index in [0.29, 0.717) is 0 Å². The van der Waals surface area contributed by atoms with Crippen LogP contribution in [0.25, 0.3) is 0 Å². The van der Waals surface area contributed by atoms with Crippen LogP contribution in [-0.2, 0) is 5.54 Å². The van der Waals surface area contributed by atoms with Crippen molar-refractivity contribution < 1.29 is 9.90 Å². The molecule has 5 rings (SSSR count). The van der Waals surface area contributed by atoms with Crippen LogP contribution in [0.3, 0.4) is 0 Å². The van der Waals surface area contributed by atoms with Gasteiger partial charge in [0.1, 0.15) is 5.82 Å². The molecular weight excluding hydrogens is 292 g/mol. The summed E-state index contributed by atoms with van der Waals surface area (Å²) in [6, 6.07) is 4.23. The third-order valence-corrected chi connectivity index (χ3v) is 5.58. The highest BCUT2D eigenvalue weighted by molar-refractivity contribution is 5.86. The summed E-state index contributed by atoms with van der Waals surface area (Å²) >= 11 is 0. The van der Waals surface area contributed by atoms with E-state index >= 15 is 0 Å². The topological polar surface area (TPSA) is 71.2 Å². The van der Waals surface area contributed by atoms with E-state index in [1.165, 1.54) is 12.6 Å². The van der Waals surface area contributed by atoms with Gasteiger partial charge in [0, 0.05) is 25.5 Å². The Balaban J connectivity index is 1.41. The van der Waals surface area contributed by atoms with Gasteiger partial charge in [0.15, 0.2) is 0 Å². The number of carboxylic acids is 1. The molecule has 3 aliphatic rings. The number of aromatic carboxylic acids is 1. The average molecular weight is 310 g/mol. The smallest absolute Gasteiger partial charge is 0.338 e. The van der Waals surface area contributed by atoms with E-state index in [4.69, 9.17) is 5.11 Å². The molecule has 23 heavy (non-hydrogen) atoms. The number of aromatic nitrogens is 3. The quantitative estimate of drug-likeness (QED) is 0.935. The van der Waals surface area contributed by atoms with Gasteiger partial charge in [-0.25, -0.2) is 9.78 Å². The Bertz CT molecular complexity index is 768. The zero-order valence-electron chi connectivity index (χ0n) is 12.7. The lowest BCUT2D eigenvalue weighted by atomic mass is 10.1. The van der Waals surface area contributed by atoms with Crippen molar-refractivity contribution in [1.82, 2.24) is 14.8 Å². The van der Waals surface area contributed by atoms with E-state index in [0.717, 1.165) is 49.1 Å². The van der Waals surface area contributed by atoms with E-state index in [1.807, 2.05) is 6.20 Å². The number of carbonyl (C=O) groups is 1. The fraction of sp³-hybridized carbons (Fsp3) is 0.471. The summed E-state index contributed by atoms with van der Waals surface area (Å²) < 4.78 is 1.79. The van der Waals surface area contributed by atoms with Gasteiger partial charge in [0.2, 0.25) is 0 Å². The molecule has 3 heterocycles. The van der Waals surface area contributed by atoms with Crippen molar-refractivity contribution in [3.8, 4) is 0 Å². The number of pyridine rings is 1. The van der Waals surface area contributed by atoms with Crippen LogP contribution in [0.2, 0.25) is 0 Å². The minimum atomic E-state index is -0.937. The molecule has 3 fully saturated rings. The molecule has 6 heteroatoms. The molecular formula is C17H18N4O2. The molecule has 0 aromatic carbocycles. The molecule has 0 amide bonds. The third kappa shape index (κ3) is 1.97. The van der Waals surface area contributed by atoms with Crippen LogP contribution < -0.4 is 4.90 Å². The number of anilines is 1. The molecule has 2 unspecified atom stereocenters. The molecule has 2 aliphatic carbocycles. The SMILES string of the molecule is O=C(O)c1cnn(C2(c3ccc(N4CC5CC5C4)nc3)CC2)c1. The fourth-order valence-corrected chi connectivity index (χ4v) is 3.87. The summed E-state index contributed by atoms with van der Waals surface area (Å²) in [7, 11) is 0. The van der Waals surface area contributed by atoms with Crippen molar-refractivity contribution in [2.45, 2.75) is 24.8 Å². The first-order chi connectivity index (χ1) is 11.2. The van der Waals surface area contributed by atoms with Crippen LogP contribution in [0.4, 0.5) is 5.82 Å². The molecule has 2 aromatic heterocycles. The van der Waals surface area contributed by atoms with Gasteiger partial charge in [0.25, 0.3) is 0 Å². The van der Waals surface area contributed by atoms with Crippen molar-refractivity contribution >= 4 is 11.8 Å². The molecule has 1 saturated heterocycles. The van der Waals surface area contributed by atoms with Crippen LogP contribution in [-0.4, -0.2) is 38.9 Å². The molecule has 6 nitrogen and oxygen atoms in total. The molecule has 1 N–H and O–H groups in total. The molecule has 0 spiro atoms. The molecule has 0 radical (unpaired) electrons. The lowest BCUT2D eigenvalue weighted by molar-refractivity contribution is 0.0696. The molecule has 2 saturated carbocycles. The van der Waals surface area contributed by atoms with E-state index in [1.54, 1.807) is 10.9 Å². The predicted molar refractivity (Wildman–Crippen MR) is 83.5 cm³/mol. The second-order valence-electron chi connectivity index (χ2n) is 7.08. The van der Waals surface area contributed by atoms with Crippen LogP contribution >= 0.6 is 0 Å². The van der Waals surface area contributed by atoms with Crippen molar-refractivity contribution in [2.24, 2.45) is 11.8 Å². The van der Waals surface area contributed by atoms with E-state index in [-0.39, 0.29) is 11.1 Å². The van der Waals surface area contributed by atoms with E-state index in [9.17, 15) is 4.79 Å². The summed E-state index contributed by atoms with van der Waals surface area (Å²) in [4.78, 5) is 18.1. The largest absolute Gasteiger partial charge is 0.478 e. The van der Waals surface area contributed by atoms with E-state index in [2.05, 4.69) is 27.1 Å². The molecule has 118 valence electrons. The Morgan fingerprint density at radius 2 is 2.00 bits per heavy atom. The molecule has 1 aliphatic heterocycles. The standard InChI is InChI=1S/C17H18N4O2/c22-16(23)13-6-19-21(10-13)17(3-4-17)14-1-2-15(18-7-14)20-8-11-5-12(11)9-20/h1-2,6-7,10-12H,3-5,8-9H2,(H,22,23). The first-order valence-electron chi connectivity index (χ1n) is 8.16. The number of fused-ring (bicyclic) bond motifs is 1. The van der Waals surface area contributed by atoms with Gasteiger partial charge in [0.05, 0.1) is 17.3 Å². The lowest BCUT2D eigenvalue weighted by Crippen LogP contribution is -2.24. The van der Waals surface area contributed by atoms with Crippen LogP contribution in [0.1, 0.15) is 35.2 Å². The molecule has 0 bridgehead atoms. The summed E-state index contributed by atoms with van der Waals surface area (Å²) in [6.45, 7) is 2.28. The fourth-order valence-electron chi connectivity index (χ4n) is 3.87. The number of rotatable bonds is 4. The summed E-state index contributed by atoms with van der Waals surface area (Å²) in [5.74, 6) is 1.91. The van der Waals surface area contributed by atoms with Crippen molar-refractivity contribution in [1.29, 1.82) is 0 Å². The third-order valence-electron chi connectivity index (χ3n) is 5.58. The van der Waals surface area contributed by atoms with Gasteiger partial charge < -0.3 is 10.0 Å². The summed E-state index contributed by atoms with van der Waals surface area (Å²) in [5, 5.41) is 13.3. The number of carboxylic acid groups (broad SMARTS) is 1. The Labute approximate surface area is 133 Å². The summed E-state index contributed by atoms with van der Waals surface area (Å²) in [6.07, 6.45) is 8.32. The molecule has 2 atom stereocenters. The normalized spacial score (nSPS) is 26.9.